The summed E-state index contributed by atoms with van der Waals surface area (Å²) in [6.07, 6.45) is 0. The number of halogens is 1. The number of hydrogen-bond acceptors (Lipinski definition) is 2. The number of nitrogens with zero attached hydrogens (tertiary/aromatic N) is 1. The third-order valence-corrected chi connectivity index (χ3v) is 1.29. The van der Waals surface area contributed by atoms with Crippen molar-refractivity contribution in [3.63, 3.8) is 0 Å². The molecular weight excluding hydrogens is 142 g/mol. The highest BCUT2D eigenvalue weighted by Crippen LogP contribution is 2.20. The molecule has 1 aromatic heterocycles. The van der Waals surface area contributed by atoms with Crippen molar-refractivity contribution in [2.24, 2.45) is 0 Å². The summed E-state index contributed by atoms with van der Waals surface area (Å²) in [5, 5.41) is 17.7. The van der Waals surface area contributed by atoms with Crippen molar-refractivity contribution in [2.75, 3.05) is 0 Å². The third-order valence-electron chi connectivity index (χ3n) is 1.05. The Bertz CT molecular complexity index is 189. The van der Waals surface area contributed by atoms with Gasteiger partial charge in [-0.15, -0.1) is 11.6 Å². The monoisotopic (exact) mass is 147 g/mol. The molecule has 1 aromatic rings. The van der Waals surface area contributed by atoms with E-state index in [2.05, 4.69) is 0 Å². The Morgan fingerprint density at radius 2 is 1.78 bits per heavy atom. The molecule has 1 rings (SSSR count). The zero-order valence-electron chi connectivity index (χ0n) is 4.58. The smallest absolute Gasteiger partial charge is 0.194 e. The average Bonchev–Trinajstić information content (AvgIpc) is 2.12. The van der Waals surface area contributed by atoms with Gasteiger partial charge in [-0.3, -0.25) is 4.57 Å². The minimum Gasteiger partial charge on any atom is -0.494 e. The van der Waals surface area contributed by atoms with E-state index >= 15 is 0 Å². The predicted molar refractivity (Wildman–Crippen MR) is 33.6 cm³/mol. The fourth-order valence-electron chi connectivity index (χ4n) is 0.569. The molecule has 0 aromatic carbocycles. The quantitative estimate of drug-likeness (QED) is 0.585. The van der Waals surface area contributed by atoms with Crippen LogP contribution >= 0.6 is 11.6 Å². The first-order chi connectivity index (χ1) is 4.25. The van der Waals surface area contributed by atoms with Crippen LogP contribution in [0.15, 0.2) is 12.1 Å². The van der Waals surface area contributed by atoms with E-state index in [-0.39, 0.29) is 17.8 Å². The highest BCUT2D eigenvalue weighted by Gasteiger charge is 2.01. The van der Waals surface area contributed by atoms with Crippen LogP contribution in [0.3, 0.4) is 0 Å². The van der Waals surface area contributed by atoms with E-state index in [4.69, 9.17) is 21.8 Å². The van der Waals surface area contributed by atoms with E-state index in [1.165, 1.54) is 16.7 Å². The molecule has 2 N–H and O–H groups in total. The van der Waals surface area contributed by atoms with E-state index in [1.807, 2.05) is 0 Å². The molecule has 0 aliphatic rings. The SMILES string of the molecule is Oc1ccc(O)n1CCl. The van der Waals surface area contributed by atoms with Crippen LogP contribution in [0.4, 0.5) is 0 Å². The molecule has 0 atom stereocenters. The molecule has 9 heavy (non-hydrogen) atoms. The Morgan fingerprint density at radius 3 is 2.00 bits per heavy atom. The van der Waals surface area contributed by atoms with E-state index < -0.39 is 0 Å². The number of rotatable bonds is 1. The van der Waals surface area contributed by atoms with Crippen molar-refractivity contribution < 1.29 is 10.2 Å². The van der Waals surface area contributed by atoms with Crippen molar-refractivity contribution in [3.8, 4) is 11.8 Å². The molecule has 0 radical (unpaired) electrons. The number of aromatic nitrogens is 1. The van der Waals surface area contributed by atoms with Crippen LogP contribution in [0.5, 0.6) is 11.8 Å². The second-order valence-corrected chi connectivity index (χ2v) is 1.84. The van der Waals surface area contributed by atoms with Crippen molar-refractivity contribution in [2.45, 2.75) is 6.00 Å². The van der Waals surface area contributed by atoms with Crippen LogP contribution in [0.2, 0.25) is 0 Å². The van der Waals surface area contributed by atoms with Crippen LogP contribution in [0.1, 0.15) is 0 Å². The fraction of sp³-hybridized carbons (Fsp3) is 0.200. The Balaban J connectivity index is 3.07. The molecule has 0 bridgehead atoms. The summed E-state index contributed by atoms with van der Waals surface area (Å²) in [7, 11) is 0. The van der Waals surface area contributed by atoms with Gasteiger partial charge in [-0.25, -0.2) is 0 Å². The lowest BCUT2D eigenvalue weighted by Crippen LogP contribution is -1.88. The zero-order chi connectivity index (χ0) is 6.85. The van der Waals surface area contributed by atoms with Crippen molar-refractivity contribution in [1.29, 1.82) is 0 Å². The lowest BCUT2D eigenvalue weighted by molar-refractivity contribution is 0.384. The van der Waals surface area contributed by atoms with Gasteiger partial charge in [0, 0.05) is 12.1 Å². The molecule has 0 aliphatic carbocycles. The van der Waals surface area contributed by atoms with Gasteiger partial charge in [-0.05, 0) is 0 Å². The van der Waals surface area contributed by atoms with E-state index in [0.29, 0.717) is 0 Å². The first-order valence-corrected chi connectivity index (χ1v) is 2.92. The molecular formula is C5H6ClNO2. The Kier molecular flexibility index (Phi) is 1.53. The highest BCUT2D eigenvalue weighted by molar-refractivity contribution is 6.15. The van der Waals surface area contributed by atoms with Gasteiger partial charge in [0.15, 0.2) is 11.8 Å². The van der Waals surface area contributed by atoms with E-state index in [0.717, 1.165) is 0 Å². The molecule has 0 spiro atoms. The second kappa shape index (κ2) is 2.19. The first-order valence-electron chi connectivity index (χ1n) is 2.39. The maximum atomic E-state index is 8.85. The molecule has 0 saturated heterocycles. The lowest BCUT2D eigenvalue weighted by atomic mass is 10.6. The number of alkyl halides is 1. The second-order valence-electron chi connectivity index (χ2n) is 1.60. The summed E-state index contributed by atoms with van der Waals surface area (Å²) in [6, 6.07) is 2.81. The van der Waals surface area contributed by atoms with Crippen molar-refractivity contribution in [3.05, 3.63) is 12.1 Å². The van der Waals surface area contributed by atoms with E-state index in [1.54, 1.807) is 0 Å². The molecule has 0 saturated carbocycles. The Labute approximate surface area is 57.1 Å². The highest BCUT2D eigenvalue weighted by atomic mass is 35.5. The average molecular weight is 148 g/mol. The maximum absolute atomic E-state index is 8.85. The summed E-state index contributed by atoms with van der Waals surface area (Å²) in [4.78, 5) is 0. The molecule has 1 heterocycles. The minimum atomic E-state index is -0.0255. The molecule has 50 valence electrons. The summed E-state index contributed by atoms with van der Waals surface area (Å²) >= 11 is 5.32. The van der Waals surface area contributed by atoms with Gasteiger partial charge < -0.3 is 10.2 Å². The van der Waals surface area contributed by atoms with Crippen LogP contribution < -0.4 is 0 Å². The summed E-state index contributed by atoms with van der Waals surface area (Å²) < 4.78 is 1.17. The fourth-order valence-corrected chi connectivity index (χ4v) is 0.814. The molecule has 0 fully saturated rings. The van der Waals surface area contributed by atoms with Crippen molar-refractivity contribution in [1.82, 2.24) is 4.57 Å². The van der Waals surface area contributed by atoms with Gasteiger partial charge in [0.2, 0.25) is 0 Å². The Hall–Kier alpha value is -0.830. The van der Waals surface area contributed by atoms with Gasteiger partial charge in [-0.2, -0.15) is 0 Å². The van der Waals surface area contributed by atoms with Gasteiger partial charge in [0.25, 0.3) is 0 Å². The van der Waals surface area contributed by atoms with Gasteiger partial charge in [-0.1, -0.05) is 0 Å². The van der Waals surface area contributed by atoms with Crippen molar-refractivity contribution >= 4 is 11.6 Å². The van der Waals surface area contributed by atoms with Gasteiger partial charge in [0.1, 0.15) is 6.00 Å². The molecule has 0 unspecified atom stereocenters. The Morgan fingerprint density at radius 1 is 1.33 bits per heavy atom. The molecule has 4 heteroatoms. The third kappa shape index (κ3) is 0.954. The van der Waals surface area contributed by atoms with Gasteiger partial charge >= 0.3 is 0 Å². The van der Waals surface area contributed by atoms with E-state index in [9.17, 15) is 0 Å². The predicted octanol–water partition coefficient (Wildman–Crippen LogP) is 1.10. The lowest BCUT2D eigenvalue weighted by Gasteiger charge is -1.98. The topological polar surface area (TPSA) is 45.4 Å². The first kappa shape index (κ1) is 6.29. The maximum Gasteiger partial charge on any atom is 0.194 e. The molecule has 0 amide bonds. The van der Waals surface area contributed by atoms with Crippen LogP contribution in [-0.4, -0.2) is 14.8 Å². The summed E-state index contributed by atoms with van der Waals surface area (Å²) in [5.41, 5.74) is 0. The van der Waals surface area contributed by atoms with Crippen LogP contribution in [0.25, 0.3) is 0 Å². The molecule has 0 aliphatic heterocycles. The summed E-state index contributed by atoms with van der Waals surface area (Å²) in [6.45, 7) is 0. The largest absolute Gasteiger partial charge is 0.494 e. The molecule has 3 nitrogen and oxygen atoms in total. The normalized spacial score (nSPS) is 9.89. The zero-order valence-corrected chi connectivity index (χ0v) is 5.34. The van der Waals surface area contributed by atoms with Crippen LogP contribution in [0, 0.1) is 0 Å². The summed E-state index contributed by atoms with van der Waals surface area (Å²) in [5.74, 6) is -0.0509. The van der Waals surface area contributed by atoms with Gasteiger partial charge in [0.05, 0.1) is 0 Å². The standard InChI is InChI=1S/C5H6ClNO2/c6-3-7-4(8)1-2-5(7)9/h1-2,8-9H,3H2. The van der Waals surface area contributed by atoms with Crippen LogP contribution in [-0.2, 0) is 6.00 Å². The minimum absolute atomic E-state index is 0.0255. The number of hydrogen-bond donors (Lipinski definition) is 2. The number of aromatic hydroxyl groups is 2.